The van der Waals surface area contributed by atoms with E-state index in [1.165, 1.54) is 6.26 Å². The number of amides is 1. The van der Waals surface area contributed by atoms with E-state index in [9.17, 15) is 13.2 Å². The van der Waals surface area contributed by atoms with Crippen molar-refractivity contribution in [1.82, 2.24) is 5.32 Å². The first-order chi connectivity index (χ1) is 11.4. The maximum absolute atomic E-state index is 11.9. The van der Waals surface area contributed by atoms with Gasteiger partial charge in [-0.2, -0.15) is 0 Å². The van der Waals surface area contributed by atoms with E-state index in [4.69, 9.17) is 0 Å². The third-order valence-corrected chi connectivity index (χ3v) is 4.95. The first-order valence-electron chi connectivity index (χ1n) is 8.07. The van der Waals surface area contributed by atoms with E-state index in [2.05, 4.69) is 12.2 Å². The number of unbranched alkanes of at least 4 members (excludes halogenated alkanes) is 1. The lowest BCUT2D eigenvalue weighted by Gasteiger charge is -2.09. The molecular formula is C19H23NO3S. The molecule has 24 heavy (non-hydrogen) atoms. The molecule has 1 N–H and O–H groups in total. The summed E-state index contributed by atoms with van der Waals surface area (Å²) in [6.45, 7) is 2.54. The molecule has 128 valence electrons. The average molecular weight is 345 g/mol. The summed E-state index contributed by atoms with van der Waals surface area (Å²) in [4.78, 5) is 12.0. The molecule has 2 aromatic rings. The van der Waals surface area contributed by atoms with E-state index in [1.807, 2.05) is 30.3 Å². The minimum atomic E-state index is -3.28. The largest absolute Gasteiger partial charge is 0.352 e. The summed E-state index contributed by atoms with van der Waals surface area (Å²) in [5, 5.41) is 2.89. The molecule has 2 aromatic carbocycles. The van der Waals surface area contributed by atoms with Crippen LogP contribution in [0.25, 0.3) is 11.1 Å². The zero-order chi connectivity index (χ0) is 17.6. The van der Waals surface area contributed by atoms with Crippen molar-refractivity contribution < 1.29 is 13.2 Å². The molecule has 1 amide bonds. The Hall–Kier alpha value is -2.14. The third kappa shape index (κ3) is 4.93. The van der Waals surface area contributed by atoms with Crippen molar-refractivity contribution in [3.63, 3.8) is 0 Å². The Morgan fingerprint density at radius 3 is 2.33 bits per heavy atom. The van der Waals surface area contributed by atoms with Crippen LogP contribution < -0.4 is 5.32 Å². The lowest BCUT2D eigenvalue weighted by molar-refractivity contribution is -0.121. The molecule has 4 nitrogen and oxygen atoms in total. The van der Waals surface area contributed by atoms with Crippen molar-refractivity contribution in [3.05, 3.63) is 54.1 Å². The van der Waals surface area contributed by atoms with Gasteiger partial charge in [-0.1, -0.05) is 55.8 Å². The summed E-state index contributed by atoms with van der Waals surface area (Å²) in [6.07, 6.45) is 3.66. The monoisotopic (exact) mass is 345 g/mol. The van der Waals surface area contributed by atoms with Crippen LogP contribution in [0.3, 0.4) is 0 Å². The number of sulfone groups is 1. The van der Waals surface area contributed by atoms with Crippen LogP contribution in [-0.2, 0) is 21.2 Å². The van der Waals surface area contributed by atoms with E-state index in [0.717, 1.165) is 24.0 Å². The normalized spacial score (nSPS) is 11.2. The van der Waals surface area contributed by atoms with E-state index in [0.29, 0.717) is 23.4 Å². The highest BCUT2D eigenvalue weighted by molar-refractivity contribution is 7.90. The molecule has 0 spiro atoms. The van der Waals surface area contributed by atoms with Gasteiger partial charge in [-0.05, 0) is 23.6 Å². The average Bonchev–Trinajstić information content (AvgIpc) is 2.58. The molecule has 0 aliphatic rings. The van der Waals surface area contributed by atoms with Gasteiger partial charge in [0.25, 0.3) is 0 Å². The number of hydrogen-bond acceptors (Lipinski definition) is 3. The number of hydrogen-bond donors (Lipinski definition) is 1. The Labute approximate surface area is 143 Å². The maximum Gasteiger partial charge on any atom is 0.220 e. The smallest absolute Gasteiger partial charge is 0.220 e. The predicted octanol–water partition coefficient (Wildman–Crippen LogP) is 3.56. The van der Waals surface area contributed by atoms with Gasteiger partial charge in [0.2, 0.25) is 5.91 Å². The topological polar surface area (TPSA) is 63.2 Å². The number of benzene rings is 2. The Balaban J connectivity index is 2.12. The van der Waals surface area contributed by atoms with Crippen LogP contribution in [0.1, 0.15) is 31.7 Å². The molecule has 0 aliphatic heterocycles. The zero-order valence-electron chi connectivity index (χ0n) is 14.1. The molecule has 0 aromatic heterocycles. The Bertz CT molecular complexity index is 796. The molecule has 0 unspecified atom stereocenters. The van der Waals surface area contributed by atoms with Gasteiger partial charge >= 0.3 is 0 Å². The second-order valence-corrected chi connectivity index (χ2v) is 7.83. The molecule has 0 saturated carbocycles. The molecule has 0 fully saturated rings. The molecule has 5 heteroatoms. The van der Waals surface area contributed by atoms with Crippen LogP contribution in [0, 0.1) is 0 Å². The summed E-state index contributed by atoms with van der Waals surface area (Å²) >= 11 is 0. The molecular weight excluding hydrogens is 322 g/mol. The van der Waals surface area contributed by atoms with Crippen LogP contribution in [0.5, 0.6) is 0 Å². The minimum Gasteiger partial charge on any atom is -0.352 e. The summed E-state index contributed by atoms with van der Waals surface area (Å²) in [7, 11) is -3.28. The second kappa shape index (κ2) is 8.11. The quantitative estimate of drug-likeness (QED) is 0.834. The van der Waals surface area contributed by atoms with Gasteiger partial charge in [0, 0.05) is 24.8 Å². The lowest BCUT2D eigenvalue weighted by atomic mass is 10.0. The fourth-order valence-corrected chi connectivity index (χ4v) is 3.37. The highest BCUT2D eigenvalue weighted by atomic mass is 32.2. The molecule has 0 aliphatic carbocycles. The van der Waals surface area contributed by atoms with Gasteiger partial charge in [0.1, 0.15) is 0 Å². The van der Waals surface area contributed by atoms with Crippen LogP contribution in [0.15, 0.2) is 53.4 Å². The summed E-state index contributed by atoms with van der Waals surface area (Å²) in [5.41, 5.74) is 2.52. The second-order valence-electron chi connectivity index (χ2n) is 5.85. The van der Waals surface area contributed by atoms with E-state index >= 15 is 0 Å². The first-order valence-corrected chi connectivity index (χ1v) is 9.96. The van der Waals surface area contributed by atoms with E-state index < -0.39 is 9.84 Å². The van der Waals surface area contributed by atoms with Crippen LogP contribution in [0.4, 0.5) is 0 Å². The van der Waals surface area contributed by atoms with Crippen molar-refractivity contribution in [2.75, 3.05) is 6.26 Å². The Morgan fingerprint density at radius 2 is 1.71 bits per heavy atom. The van der Waals surface area contributed by atoms with Crippen molar-refractivity contribution in [3.8, 4) is 11.1 Å². The van der Waals surface area contributed by atoms with Crippen LogP contribution in [-0.4, -0.2) is 20.6 Å². The molecule has 0 saturated heterocycles. The number of carbonyl (C=O) groups is 1. The zero-order valence-corrected chi connectivity index (χ0v) is 14.9. The Morgan fingerprint density at radius 1 is 1.04 bits per heavy atom. The van der Waals surface area contributed by atoms with Crippen molar-refractivity contribution in [2.45, 2.75) is 37.6 Å². The van der Waals surface area contributed by atoms with Gasteiger partial charge in [0.15, 0.2) is 9.84 Å². The fraction of sp³-hybridized carbons (Fsp3) is 0.316. The van der Waals surface area contributed by atoms with Crippen LogP contribution in [0.2, 0.25) is 0 Å². The van der Waals surface area contributed by atoms with Gasteiger partial charge < -0.3 is 5.32 Å². The van der Waals surface area contributed by atoms with Crippen molar-refractivity contribution >= 4 is 15.7 Å². The Kier molecular flexibility index (Phi) is 6.15. The fourth-order valence-electron chi connectivity index (χ4n) is 2.46. The predicted molar refractivity (Wildman–Crippen MR) is 96.4 cm³/mol. The highest BCUT2D eigenvalue weighted by Crippen LogP contribution is 2.27. The van der Waals surface area contributed by atoms with Crippen LogP contribution >= 0.6 is 0 Å². The summed E-state index contributed by atoms with van der Waals surface area (Å²) < 4.78 is 23.8. The molecule has 2 rings (SSSR count). The number of nitrogens with one attached hydrogen (secondary N) is 1. The number of carbonyl (C=O) groups excluding carboxylic acids is 1. The standard InChI is InChI=1S/C19H23NO3S/c1-3-4-9-19(21)20-14-15-10-12-16(13-11-15)17-7-5-6-8-18(17)24(2,22)23/h5-8,10-13H,3-4,9,14H2,1-2H3,(H,20,21). The molecule has 0 bridgehead atoms. The first kappa shape index (κ1) is 18.2. The molecule has 0 atom stereocenters. The molecule has 0 heterocycles. The number of rotatable bonds is 7. The summed E-state index contributed by atoms with van der Waals surface area (Å²) in [6, 6.07) is 14.6. The summed E-state index contributed by atoms with van der Waals surface area (Å²) in [5.74, 6) is 0.0587. The lowest BCUT2D eigenvalue weighted by Crippen LogP contribution is -2.22. The van der Waals surface area contributed by atoms with E-state index in [1.54, 1.807) is 18.2 Å². The maximum atomic E-state index is 11.9. The van der Waals surface area contributed by atoms with E-state index in [-0.39, 0.29) is 5.91 Å². The van der Waals surface area contributed by atoms with Crippen molar-refractivity contribution in [1.29, 1.82) is 0 Å². The van der Waals surface area contributed by atoms with Gasteiger partial charge in [-0.25, -0.2) is 8.42 Å². The van der Waals surface area contributed by atoms with Gasteiger partial charge in [-0.3, -0.25) is 4.79 Å². The van der Waals surface area contributed by atoms with Gasteiger partial charge in [0.05, 0.1) is 4.90 Å². The highest BCUT2D eigenvalue weighted by Gasteiger charge is 2.13. The minimum absolute atomic E-state index is 0.0587. The van der Waals surface area contributed by atoms with Gasteiger partial charge in [-0.15, -0.1) is 0 Å². The SMILES string of the molecule is CCCCC(=O)NCc1ccc(-c2ccccc2S(C)(=O)=O)cc1. The van der Waals surface area contributed by atoms with Crippen molar-refractivity contribution in [2.24, 2.45) is 0 Å². The molecule has 0 radical (unpaired) electrons. The third-order valence-electron chi connectivity index (χ3n) is 3.80.